The van der Waals surface area contributed by atoms with Crippen LogP contribution in [-0.2, 0) is 17.8 Å². The fraction of sp³-hybridized carbons (Fsp3) is 0.176. The first-order chi connectivity index (χ1) is 11.2. The van der Waals surface area contributed by atoms with Gasteiger partial charge in [-0.1, -0.05) is 18.2 Å². The van der Waals surface area contributed by atoms with E-state index in [2.05, 4.69) is 10.4 Å². The molecule has 0 saturated carbocycles. The number of hydrogen-bond donors (Lipinski definition) is 1. The number of carbonyl (C=O) groups excluding carboxylic acids is 1. The molecule has 6 heteroatoms. The Bertz CT molecular complexity index is 781. The zero-order chi connectivity index (χ0) is 16.1. The molecule has 1 aromatic carbocycles. The molecular weight excluding hydrogens is 310 g/mol. The van der Waals surface area contributed by atoms with Crippen LogP contribution in [0.25, 0.3) is 0 Å². The summed E-state index contributed by atoms with van der Waals surface area (Å²) in [6.07, 6.45) is 3.87. The maximum atomic E-state index is 12.0. The van der Waals surface area contributed by atoms with Crippen LogP contribution < -0.4 is 10.1 Å². The number of benzene rings is 1. The van der Waals surface area contributed by atoms with Crippen LogP contribution in [0, 0.1) is 0 Å². The average molecular weight is 327 g/mol. The number of hydrogen-bond acceptors (Lipinski definition) is 4. The molecule has 0 saturated heterocycles. The lowest BCUT2D eigenvalue weighted by Crippen LogP contribution is -2.13. The molecule has 0 aliphatic carbocycles. The van der Waals surface area contributed by atoms with Gasteiger partial charge in [0.25, 0.3) is 0 Å². The van der Waals surface area contributed by atoms with Crippen molar-refractivity contribution in [3.63, 3.8) is 0 Å². The largest absolute Gasteiger partial charge is 0.497 e. The van der Waals surface area contributed by atoms with Crippen molar-refractivity contribution in [1.29, 1.82) is 0 Å². The van der Waals surface area contributed by atoms with Gasteiger partial charge >= 0.3 is 0 Å². The Kier molecular flexibility index (Phi) is 4.73. The van der Waals surface area contributed by atoms with Crippen molar-refractivity contribution in [2.45, 2.75) is 13.0 Å². The Morgan fingerprint density at radius 3 is 3.04 bits per heavy atom. The molecule has 0 bridgehead atoms. The first kappa shape index (κ1) is 15.3. The van der Waals surface area contributed by atoms with Crippen molar-refractivity contribution < 1.29 is 9.53 Å². The predicted molar refractivity (Wildman–Crippen MR) is 91.0 cm³/mol. The van der Waals surface area contributed by atoms with Crippen LogP contribution in [0.2, 0.25) is 0 Å². The molecule has 5 nitrogen and oxygen atoms in total. The molecule has 0 radical (unpaired) electrons. The van der Waals surface area contributed by atoms with Crippen molar-refractivity contribution in [2.24, 2.45) is 0 Å². The maximum Gasteiger partial charge on any atom is 0.229 e. The Hall–Kier alpha value is -2.60. The van der Waals surface area contributed by atoms with E-state index in [1.165, 1.54) is 0 Å². The van der Waals surface area contributed by atoms with E-state index in [4.69, 9.17) is 4.74 Å². The summed E-state index contributed by atoms with van der Waals surface area (Å²) in [5.41, 5.74) is 1.79. The first-order valence-electron chi connectivity index (χ1n) is 7.20. The number of aromatic nitrogens is 2. The normalized spacial score (nSPS) is 10.5. The minimum Gasteiger partial charge on any atom is -0.497 e. The number of ether oxygens (including phenoxy) is 1. The SMILES string of the molecule is COc1cccc(Cn2cc(NC(=O)Cc3cccs3)cn2)c1. The molecule has 1 amide bonds. The third-order valence-corrected chi connectivity index (χ3v) is 4.19. The highest BCUT2D eigenvalue weighted by molar-refractivity contribution is 7.10. The van der Waals surface area contributed by atoms with Crippen LogP contribution in [0.4, 0.5) is 5.69 Å². The monoisotopic (exact) mass is 327 g/mol. The average Bonchev–Trinajstić information content (AvgIpc) is 3.20. The van der Waals surface area contributed by atoms with E-state index >= 15 is 0 Å². The van der Waals surface area contributed by atoms with E-state index in [1.807, 2.05) is 48.0 Å². The lowest BCUT2D eigenvalue weighted by Gasteiger charge is -2.04. The summed E-state index contributed by atoms with van der Waals surface area (Å²) in [5.74, 6) is 0.785. The van der Waals surface area contributed by atoms with Crippen molar-refractivity contribution in [3.05, 3.63) is 64.6 Å². The molecular formula is C17H17N3O2S. The number of rotatable bonds is 6. The summed E-state index contributed by atoms with van der Waals surface area (Å²) in [4.78, 5) is 13.0. The van der Waals surface area contributed by atoms with E-state index in [0.29, 0.717) is 18.7 Å². The Morgan fingerprint density at radius 1 is 1.35 bits per heavy atom. The molecule has 0 spiro atoms. The highest BCUT2D eigenvalue weighted by atomic mass is 32.1. The first-order valence-corrected chi connectivity index (χ1v) is 8.08. The summed E-state index contributed by atoms with van der Waals surface area (Å²) >= 11 is 1.58. The molecule has 0 aliphatic heterocycles. The minimum absolute atomic E-state index is 0.0339. The molecule has 2 aromatic heterocycles. The fourth-order valence-corrected chi connectivity index (χ4v) is 2.95. The number of nitrogens with one attached hydrogen (secondary N) is 1. The molecule has 0 aliphatic rings. The van der Waals surface area contributed by atoms with Crippen molar-refractivity contribution in [1.82, 2.24) is 9.78 Å². The van der Waals surface area contributed by atoms with Gasteiger partial charge < -0.3 is 10.1 Å². The topological polar surface area (TPSA) is 56.1 Å². The predicted octanol–water partition coefficient (Wildman–Crippen LogP) is 3.18. The van der Waals surface area contributed by atoms with Gasteiger partial charge in [-0.25, -0.2) is 0 Å². The molecule has 1 N–H and O–H groups in total. The summed E-state index contributed by atoms with van der Waals surface area (Å²) in [6, 6.07) is 11.7. The maximum absolute atomic E-state index is 12.0. The Morgan fingerprint density at radius 2 is 2.26 bits per heavy atom. The minimum atomic E-state index is -0.0339. The number of anilines is 1. The second-order valence-corrected chi connectivity index (χ2v) is 6.11. The van der Waals surface area contributed by atoms with Crippen molar-refractivity contribution >= 4 is 22.9 Å². The van der Waals surface area contributed by atoms with E-state index in [1.54, 1.807) is 29.3 Å². The molecule has 0 unspecified atom stereocenters. The zero-order valence-corrected chi connectivity index (χ0v) is 13.5. The smallest absolute Gasteiger partial charge is 0.229 e. The summed E-state index contributed by atoms with van der Waals surface area (Å²) in [5, 5.41) is 9.12. The highest BCUT2D eigenvalue weighted by Gasteiger charge is 2.07. The molecule has 0 fully saturated rings. The Labute approximate surface area is 138 Å². The van der Waals surface area contributed by atoms with Crippen molar-refractivity contribution in [2.75, 3.05) is 12.4 Å². The number of thiophene rings is 1. The second-order valence-electron chi connectivity index (χ2n) is 5.08. The van der Waals surface area contributed by atoms with Gasteiger partial charge in [-0.05, 0) is 29.1 Å². The summed E-state index contributed by atoms with van der Waals surface area (Å²) < 4.78 is 7.00. The quantitative estimate of drug-likeness (QED) is 0.756. The van der Waals surface area contributed by atoms with Gasteiger partial charge in [0.1, 0.15) is 5.75 Å². The lowest BCUT2D eigenvalue weighted by atomic mass is 10.2. The number of methoxy groups -OCH3 is 1. The van der Waals surface area contributed by atoms with Crippen LogP contribution >= 0.6 is 11.3 Å². The number of nitrogens with zero attached hydrogens (tertiary/aromatic N) is 2. The molecule has 3 rings (SSSR count). The van der Waals surface area contributed by atoms with Gasteiger partial charge in [0.15, 0.2) is 0 Å². The van der Waals surface area contributed by atoms with E-state index in [9.17, 15) is 4.79 Å². The van der Waals surface area contributed by atoms with Gasteiger partial charge in [0.2, 0.25) is 5.91 Å². The van der Waals surface area contributed by atoms with Gasteiger partial charge in [0, 0.05) is 11.1 Å². The standard InChI is InChI=1S/C17H17N3O2S/c1-22-15-5-2-4-13(8-15)11-20-12-14(10-18-20)19-17(21)9-16-6-3-7-23-16/h2-8,10,12H,9,11H2,1H3,(H,19,21). The van der Waals surface area contributed by atoms with E-state index in [-0.39, 0.29) is 5.91 Å². The van der Waals surface area contributed by atoms with Crippen LogP contribution in [-0.4, -0.2) is 22.8 Å². The highest BCUT2D eigenvalue weighted by Crippen LogP contribution is 2.15. The third kappa shape index (κ3) is 4.20. The second kappa shape index (κ2) is 7.11. The molecule has 0 atom stereocenters. The molecule has 2 heterocycles. The molecule has 118 valence electrons. The van der Waals surface area contributed by atoms with Crippen LogP contribution in [0.15, 0.2) is 54.2 Å². The lowest BCUT2D eigenvalue weighted by molar-refractivity contribution is -0.115. The van der Waals surface area contributed by atoms with Crippen LogP contribution in [0.1, 0.15) is 10.4 Å². The summed E-state index contributed by atoms with van der Waals surface area (Å²) in [6.45, 7) is 0.623. The van der Waals surface area contributed by atoms with Crippen LogP contribution in [0.3, 0.4) is 0 Å². The Balaban J connectivity index is 1.60. The van der Waals surface area contributed by atoms with E-state index < -0.39 is 0 Å². The fourth-order valence-electron chi connectivity index (χ4n) is 2.25. The summed E-state index contributed by atoms with van der Waals surface area (Å²) in [7, 11) is 1.65. The molecule has 23 heavy (non-hydrogen) atoms. The van der Waals surface area contributed by atoms with Gasteiger partial charge in [-0.3, -0.25) is 9.48 Å². The van der Waals surface area contributed by atoms with Gasteiger partial charge in [-0.15, -0.1) is 11.3 Å². The number of amides is 1. The van der Waals surface area contributed by atoms with E-state index in [0.717, 1.165) is 16.2 Å². The van der Waals surface area contributed by atoms with Crippen molar-refractivity contribution in [3.8, 4) is 5.75 Å². The number of carbonyl (C=O) groups is 1. The van der Waals surface area contributed by atoms with Crippen LogP contribution in [0.5, 0.6) is 5.75 Å². The zero-order valence-electron chi connectivity index (χ0n) is 12.7. The van der Waals surface area contributed by atoms with Gasteiger partial charge in [0.05, 0.1) is 32.0 Å². The van der Waals surface area contributed by atoms with Gasteiger partial charge in [-0.2, -0.15) is 5.10 Å². The third-order valence-electron chi connectivity index (χ3n) is 3.31. The molecule has 3 aromatic rings.